The van der Waals surface area contributed by atoms with Crippen LogP contribution in [0.5, 0.6) is 11.5 Å². The number of aromatic nitrogens is 2. The second kappa shape index (κ2) is 12.1. The maximum atomic E-state index is 6.37. The molecule has 0 atom stereocenters. The maximum Gasteiger partial charge on any atom is 0.135 e. The fourth-order valence-corrected chi connectivity index (χ4v) is 5.70. The van der Waals surface area contributed by atoms with Gasteiger partial charge in [-0.1, -0.05) is 77.4 Å². The third-order valence-corrected chi connectivity index (χ3v) is 8.27. The molecule has 0 spiro atoms. The van der Waals surface area contributed by atoms with Crippen molar-refractivity contribution >= 4 is 33.2 Å². The maximum absolute atomic E-state index is 6.37. The molecule has 0 amide bonds. The first-order valence-electron chi connectivity index (χ1n) is 15.4. The van der Waals surface area contributed by atoms with E-state index < -0.39 is 0 Å². The van der Waals surface area contributed by atoms with Crippen molar-refractivity contribution in [1.82, 2.24) is 9.55 Å². The number of ether oxygens (including phenoxy) is 1. The van der Waals surface area contributed by atoms with Gasteiger partial charge in [0.25, 0.3) is 0 Å². The quantitative estimate of drug-likeness (QED) is 0.163. The van der Waals surface area contributed by atoms with Gasteiger partial charge < -0.3 is 19.1 Å². The summed E-state index contributed by atoms with van der Waals surface area (Å²) in [4.78, 5) is 8.87. The first-order chi connectivity index (χ1) is 21.5. The number of benzene rings is 4. The number of hydrogen-bond acceptors (Lipinski definition) is 4. The molecule has 0 N–H and O–H groups in total. The van der Waals surface area contributed by atoms with Gasteiger partial charge >= 0.3 is 0 Å². The Morgan fingerprint density at radius 3 is 2.09 bits per heavy atom. The Bertz CT molecular complexity index is 2020. The summed E-state index contributed by atoms with van der Waals surface area (Å²) in [6.07, 6.45) is 5.96. The molecule has 0 bridgehead atoms. The molecule has 0 saturated carbocycles. The van der Waals surface area contributed by atoms with Gasteiger partial charge in [0.2, 0.25) is 0 Å². The van der Waals surface area contributed by atoms with E-state index in [0.717, 1.165) is 39.0 Å². The van der Waals surface area contributed by atoms with E-state index in [-0.39, 0.29) is 31.9 Å². The van der Waals surface area contributed by atoms with Crippen molar-refractivity contribution in [1.29, 1.82) is 0 Å². The van der Waals surface area contributed by atoms with Gasteiger partial charge in [-0.15, -0.1) is 48.1 Å². The molecule has 3 heterocycles. The van der Waals surface area contributed by atoms with Crippen LogP contribution in [0.4, 0.5) is 11.4 Å². The minimum Gasteiger partial charge on any atom is -0.509 e. The zero-order valence-corrected chi connectivity index (χ0v) is 29.3. The van der Waals surface area contributed by atoms with Crippen LogP contribution in [-0.2, 0) is 31.9 Å². The molecule has 0 radical (unpaired) electrons. The van der Waals surface area contributed by atoms with Crippen LogP contribution >= 0.6 is 0 Å². The van der Waals surface area contributed by atoms with Crippen molar-refractivity contribution in [2.45, 2.75) is 52.4 Å². The molecule has 7 rings (SSSR count). The fourth-order valence-electron chi connectivity index (χ4n) is 5.70. The predicted molar refractivity (Wildman–Crippen MR) is 185 cm³/mol. The van der Waals surface area contributed by atoms with E-state index in [9.17, 15) is 0 Å². The standard InChI is InChI=1S/C40H37N4O.Pt/c1-39(2,3)28-22-29(40(4,5)6)24-31(23-28)43-21-20-42(27-43)30-12-11-13-32(25-30)45-33-17-18-35-34-14-7-8-15-36(34)44(37(35)26-33)38-16-9-10-19-41-38;/h7-24,27H,1-6H3;/q-3;. The molecular weight excluding hydrogens is 748 g/mol. The Morgan fingerprint density at radius 2 is 1.37 bits per heavy atom. The van der Waals surface area contributed by atoms with Crippen LogP contribution in [0.2, 0.25) is 0 Å². The molecule has 6 heteroatoms. The molecule has 236 valence electrons. The normalized spacial score (nSPS) is 13.4. The minimum absolute atomic E-state index is 0. The van der Waals surface area contributed by atoms with Crippen molar-refractivity contribution < 1.29 is 25.8 Å². The molecular formula is C40H37N4OPt-3. The Morgan fingerprint density at radius 1 is 0.674 bits per heavy atom. The average Bonchev–Trinajstić information content (AvgIpc) is 3.64. The summed E-state index contributed by atoms with van der Waals surface area (Å²) in [5, 5.41) is 2.25. The van der Waals surface area contributed by atoms with Crippen molar-refractivity contribution in [2.75, 3.05) is 9.80 Å². The van der Waals surface area contributed by atoms with Gasteiger partial charge in [-0.2, -0.15) is 12.1 Å². The molecule has 0 unspecified atom stereocenters. The van der Waals surface area contributed by atoms with E-state index in [0.29, 0.717) is 11.5 Å². The molecule has 46 heavy (non-hydrogen) atoms. The number of rotatable bonds is 5. The molecule has 0 aliphatic carbocycles. The number of nitrogens with zero attached hydrogens (tertiary/aromatic N) is 4. The monoisotopic (exact) mass is 784 g/mol. The molecule has 1 aliphatic rings. The Kier molecular flexibility index (Phi) is 8.33. The molecule has 4 aromatic carbocycles. The van der Waals surface area contributed by atoms with Crippen LogP contribution in [0.1, 0.15) is 52.7 Å². The topological polar surface area (TPSA) is 33.5 Å². The van der Waals surface area contributed by atoms with Crippen LogP contribution < -0.4 is 14.5 Å². The average molecular weight is 785 g/mol. The van der Waals surface area contributed by atoms with Crippen molar-refractivity contribution in [3.8, 4) is 17.3 Å². The first-order valence-corrected chi connectivity index (χ1v) is 15.4. The predicted octanol–water partition coefficient (Wildman–Crippen LogP) is 10.1. The fraction of sp³-hybridized carbons (Fsp3) is 0.200. The minimum atomic E-state index is 0. The number of fused-ring (bicyclic) bond motifs is 3. The van der Waals surface area contributed by atoms with Gasteiger partial charge in [0.15, 0.2) is 0 Å². The van der Waals surface area contributed by atoms with E-state index in [1.54, 1.807) is 0 Å². The van der Waals surface area contributed by atoms with Crippen LogP contribution in [0.3, 0.4) is 0 Å². The summed E-state index contributed by atoms with van der Waals surface area (Å²) in [6, 6.07) is 38.2. The van der Waals surface area contributed by atoms with Gasteiger partial charge in [-0.3, -0.25) is 0 Å². The van der Waals surface area contributed by atoms with E-state index in [4.69, 9.17) is 4.74 Å². The Hall–Kier alpha value is -4.34. The Labute approximate surface area is 286 Å². The van der Waals surface area contributed by atoms with E-state index in [1.165, 1.54) is 11.1 Å². The number of para-hydroxylation sites is 1. The van der Waals surface area contributed by atoms with E-state index in [1.807, 2.05) is 54.7 Å². The third-order valence-electron chi connectivity index (χ3n) is 8.27. The number of hydrogen-bond donors (Lipinski definition) is 0. The molecule has 0 fully saturated rings. The van der Waals surface area contributed by atoms with Crippen LogP contribution in [-0.4, -0.2) is 9.55 Å². The summed E-state index contributed by atoms with van der Waals surface area (Å²) >= 11 is 0. The van der Waals surface area contributed by atoms with Crippen LogP contribution in [0.25, 0.3) is 27.6 Å². The summed E-state index contributed by atoms with van der Waals surface area (Å²) in [7, 11) is 0. The molecule has 2 aromatic heterocycles. The van der Waals surface area contributed by atoms with E-state index in [2.05, 4.69) is 135 Å². The molecule has 1 aliphatic heterocycles. The van der Waals surface area contributed by atoms with Gasteiger partial charge in [0.05, 0.1) is 0 Å². The largest absolute Gasteiger partial charge is 0.509 e. The number of anilines is 2. The van der Waals surface area contributed by atoms with Gasteiger partial charge in [0.1, 0.15) is 5.82 Å². The van der Waals surface area contributed by atoms with Gasteiger partial charge in [-0.25, -0.2) is 4.98 Å². The van der Waals surface area contributed by atoms with Crippen molar-refractivity contribution in [3.05, 3.63) is 140 Å². The van der Waals surface area contributed by atoms with Gasteiger partial charge in [0, 0.05) is 50.0 Å². The summed E-state index contributed by atoms with van der Waals surface area (Å²) < 4.78 is 8.50. The summed E-state index contributed by atoms with van der Waals surface area (Å²) in [6.45, 7) is 15.7. The summed E-state index contributed by atoms with van der Waals surface area (Å²) in [5.74, 6) is 2.08. The smallest absolute Gasteiger partial charge is 0.135 e. The van der Waals surface area contributed by atoms with E-state index >= 15 is 0 Å². The van der Waals surface area contributed by atoms with Gasteiger partial charge in [-0.05, 0) is 70.1 Å². The van der Waals surface area contributed by atoms with Crippen LogP contribution in [0, 0.1) is 18.8 Å². The molecule has 5 nitrogen and oxygen atoms in total. The Balaban J connectivity index is 0.00000372. The van der Waals surface area contributed by atoms with Crippen molar-refractivity contribution in [2.24, 2.45) is 0 Å². The van der Waals surface area contributed by atoms with Crippen molar-refractivity contribution in [3.63, 3.8) is 0 Å². The third kappa shape index (κ3) is 6.09. The molecule has 0 saturated heterocycles. The summed E-state index contributed by atoms with van der Waals surface area (Å²) in [5.41, 5.74) is 6.77. The zero-order chi connectivity index (χ0) is 31.3. The second-order valence-electron chi connectivity index (χ2n) is 13.6. The van der Waals surface area contributed by atoms with Crippen LogP contribution in [0.15, 0.2) is 110 Å². The molecule has 6 aromatic rings. The SMILES string of the molecule is CC(C)(C)c1cc(N2C=CN(c3[c-]c(Oc4[c-]c5c(cc4)c4ccccc4n5-c4ccccn4)ccc3)[CH-]2)cc(C(C)(C)C)c1.[Pt]. The number of pyridine rings is 1. The second-order valence-corrected chi connectivity index (χ2v) is 13.6. The zero-order valence-electron chi connectivity index (χ0n) is 27.0. The first kappa shape index (κ1) is 31.6.